The van der Waals surface area contributed by atoms with Gasteiger partial charge >= 0.3 is 0 Å². The number of hydrogen-bond acceptors (Lipinski definition) is 8. The number of nitrogens with one attached hydrogen (secondary N) is 1. The highest BCUT2D eigenvalue weighted by Gasteiger charge is 2.27. The molecule has 240 valence electrons. The van der Waals surface area contributed by atoms with Gasteiger partial charge in [-0.15, -0.1) is 0 Å². The lowest BCUT2D eigenvalue weighted by Gasteiger charge is -2.36. The van der Waals surface area contributed by atoms with E-state index >= 15 is 0 Å². The molecular formula is C30H45Br2FN6O4. The number of anilines is 1. The lowest BCUT2D eigenvalue weighted by atomic mass is 10.0. The summed E-state index contributed by atoms with van der Waals surface area (Å²) in [6.07, 6.45) is -0.608. The van der Waals surface area contributed by atoms with Crippen molar-refractivity contribution in [1.29, 1.82) is 0 Å². The molecule has 0 unspecified atom stereocenters. The molecule has 10 nitrogen and oxygen atoms in total. The first-order valence-corrected chi connectivity index (χ1v) is 16.3. The van der Waals surface area contributed by atoms with E-state index < -0.39 is 18.2 Å². The first-order valence-electron chi connectivity index (χ1n) is 14.7. The third-order valence-corrected chi connectivity index (χ3v) is 7.57. The van der Waals surface area contributed by atoms with Crippen molar-refractivity contribution < 1.29 is 24.2 Å². The van der Waals surface area contributed by atoms with E-state index in [1.807, 2.05) is 45.9 Å². The number of aliphatic hydroxyl groups is 2. The van der Waals surface area contributed by atoms with E-state index in [2.05, 4.69) is 52.0 Å². The van der Waals surface area contributed by atoms with Gasteiger partial charge in [-0.1, -0.05) is 39.8 Å². The number of carbonyl (C=O) groups is 2. The summed E-state index contributed by atoms with van der Waals surface area (Å²) in [7, 11) is 0. The van der Waals surface area contributed by atoms with Crippen LogP contribution < -0.4 is 10.2 Å². The third kappa shape index (κ3) is 14.0. The maximum absolute atomic E-state index is 12.2. The highest BCUT2D eigenvalue weighted by molar-refractivity contribution is 9.10. The Morgan fingerprint density at radius 1 is 0.791 bits per heavy atom. The molecule has 2 aliphatic rings. The second-order valence-electron chi connectivity index (χ2n) is 11.3. The van der Waals surface area contributed by atoms with Gasteiger partial charge in [0.05, 0.1) is 0 Å². The lowest BCUT2D eigenvalue weighted by Crippen LogP contribution is -2.51. The molecule has 2 aliphatic heterocycles. The number of rotatable bonds is 7. The summed E-state index contributed by atoms with van der Waals surface area (Å²) in [4.78, 5) is 37.3. The molecule has 2 saturated heterocycles. The minimum absolute atomic E-state index is 0.111. The SMILES string of the molecule is CC(C)C[C@@H](O)C(=O)N1CCN(c2cccc(Br)n2)CC1.CC(C)C[C@@H](O)C(=O)N1CCNCC1.Fc1cccc(Br)n1. The normalized spacial score (nSPS) is 16.6. The van der Waals surface area contributed by atoms with E-state index in [4.69, 9.17) is 0 Å². The van der Waals surface area contributed by atoms with E-state index in [-0.39, 0.29) is 11.8 Å². The van der Waals surface area contributed by atoms with Gasteiger partial charge in [0.1, 0.15) is 27.2 Å². The van der Waals surface area contributed by atoms with Gasteiger partial charge in [-0.3, -0.25) is 9.59 Å². The number of pyridine rings is 2. The standard InChI is InChI=1S/C15H22BrN3O2.C10H20N2O2.C5H3BrFN/c1-11(2)10-12(20)15(21)19-8-6-18(7-9-19)14-5-3-4-13(16)17-14;1-8(2)7-9(13)10(14)12-5-3-11-4-6-12;6-4-2-1-3-5(7)8-4/h3-5,11-12,20H,6-10H2,1-2H3;8-9,11,13H,3-7H2,1-2H3;1-3H/t12-;9-;/m11./s1. The largest absolute Gasteiger partial charge is 0.383 e. The Balaban J connectivity index is 0.000000251. The molecule has 2 atom stereocenters. The minimum Gasteiger partial charge on any atom is -0.383 e. The summed E-state index contributed by atoms with van der Waals surface area (Å²) in [5.74, 6) is 0.873. The zero-order valence-electron chi connectivity index (χ0n) is 25.4. The molecule has 0 aliphatic carbocycles. The average molecular weight is 733 g/mol. The highest BCUT2D eigenvalue weighted by atomic mass is 79.9. The zero-order valence-corrected chi connectivity index (χ0v) is 28.6. The van der Waals surface area contributed by atoms with Crippen LogP contribution in [0.25, 0.3) is 0 Å². The fourth-order valence-corrected chi connectivity index (χ4v) is 5.17. The van der Waals surface area contributed by atoms with Gasteiger partial charge in [0.2, 0.25) is 5.95 Å². The summed E-state index contributed by atoms with van der Waals surface area (Å²) < 4.78 is 13.4. The molecule has 2 aromatic rings. The molecule has 4 heterocycles. The van der Waals surface area contributed by atoms with Gasteiger partial charge in [0.25, 0.3) is 11.8 Å². The molecule has 13 heteroatoms. The molecule has 0 aromatic carbocycles. The maximum Gasteiger partial charge on any atom is 0.251 e. The lowest BCUT2D eigenvalue weighted by molar-refractivity contribution is -0.142. The van der Waals surface area contributed by atoms with E-state index in [0.29, 0.717) is 55.5 Å². The number of carbonyl (C=O) groups excluding carboxylic acids is 2. The number of nitrogens with zero attached hydrogens (tertiary/aromatic N) is 5. The van der Waals surface area contributed by atoms with Crippen molar-refractivity contribution in [1.82, 2.24) is 25.1 Å². The second kappa shape index (κ2) is 19.3. The number of aliphatic hydroxyl groups excluding tert-OH is 2. The van der Waals surface area contributed by atoms with Gasteiger partial charge in [-0.2, -0.15) is 4.39 Å². The van der Waals surface area contributed by atoms with E-state index in [9.17, 15) is 24.2 Å². The summed E-state index contributed by atoms with van der Waals surface area (Å²) >= 11 is 6.38. The average Bonchev–Trinajstić information content (AvgIpc) is 2.97. The summed E-state index contributed by atoms with van der Waals surface area (Å²) in [5, 5.41) is 22.7. The van der Waals surface area contributed by atoms with Gasteiger partial charge < -0.3 is 30.2 Å². The van der Waals surface area contributed by atoms with E-state index in [1.165, 1.54) is 6.07 Å². The first-order chi connectivity index (χ1) is 20.4. The van der Waals surface area contributed by atoms with Crippen molar-refractivity contribution in [2.45, 2.75) is 52.7 Å². The van der Waals surface area contributed by atoms with Gasteiger partial charge in [-0.05, 0) is 80.8 Å². The number of piperazine rings is 2. The molecule has 0 radical (unpaired) electrons. The fraction of sp³-hybridized carbons (Fsp3) is 0.600. The van der Waals surface area contributed by atoms with Crippen LogP contribution in [0, 0.1) is 17.8 Å². The van der Waals surface area contributed by atoms with Crippen LogP contribution >= 0.6 is 31.9 Å². The van der Waals surface area contributed by atoms with Crippen molar-refractivity contribution in [3.63, 3.8) is 0 Å². The van der Waals surface area contributed by atoms with Crippen molar-refractivity contribution in [2.75, 3.05) is 57.3 Å². The van der Waals surface area contributed by atoms with Crippen LogP contribution in [0.4, 0.5) is 10.2 Å². The van der Waals surface area contributed by atoms with E-state index in [1.54, 1.807) is 21.9 Å². The molecule has 4 rings (SSSR count). The van der Waals surface area contributed by atoms with Crippen LogP contribution in [0.15, 0.2) is 45.6 Å². The van der Waals surface area contributed by atoms with Crippen LogP contribution in [-0.2, 0) is 9.59 Å². The molecule has 0 spiro atoms. The van der Waals surface area contributed by atoms with Crippen LogP contribution in [0.5, 0.6) is 0 Å². The van der Waals surface area contributed by atoms with Crippen molar-refractivity contribution in [3.05, 3.63) is 51.6 Å². The third-order valence-electron chi connectivity index (χ3n) is 6.68. The summed E-state index contributed by atoms with van der Waals surface area (Å²) in [6.45, 7) is 13.9. The van der Waals surface area contributed by atoms with E-state index in [0.717, 1.165) is 36.6 Å². The van der Waals surface area contributed by atoms with Crippen LogP contribution in [0.3, 0.4) is 0 Å². The predicted octanol–water partition coefficient (Wildman–Crippen LogP) is 3.71. The molecule has 2 aromatic heterocycles. The Bertz CT molecular complexity index is 1110. The highest BCUT2D eigenvalue weighted by Crippen LogP contribution is 2.18. The molecule has 43 heavy (non-hydrogen) atoms. The Morgan fingerprint density at radius 2 is 1.26 bits per heavy atom. The van der Waals surface area contributed by atoms with Crippen LogP contribution in [-0.4, -0.2) is 106 Å². The van der Waals surface area contributed by atoms with Gasteiger partial charge in [0, 0.05) is 52.4 Å². The van der Waals surface area contributed by atoms with Crippen LogP contribution in [0.2, 0.25) is 0 Å². The predicted molar refractivity (Wildman–Crippen MR) is 173 cm³/mol. The van der Waals surface area contributed by atoms with Crippen molar-refractivity contribution >= 4 is 49.5 Å². The number of aromatic nitrogens is 2. The Hall–Kier alpha value is -2.19. The first kappa shape index (κ1) is 37.0. The van der Waals surface area contributed by atoms with Crippen molar-refractivity contribution in [2.24, 2.45) is 11.8 Å². The van der Waals surface area contributed by atoms with Crippen LogP contribution in [0.1, 0.15) is 40.5 Å². The molecular weight excluding hydrogens is 687 g/mol. The number of amides is 2. The monoisotopic (exact) mass is 730 g/mol. The van der Waals surface area contributed by atoms with Gasteiger partial charge in [-0.25, -0.2) is 9.97 Å². The zero-order chi connectivity index (χ0) is 31.9. The molecule has 2 amide bonds. The summed E-state index contributed by atoms with van der Waals surface area (Å²) in [5.41, 5.74) is 0. The van der Waals surface area contributed by atoms with Crippen molar-refractivity contribution in [3.8, 4) is 0 Å². The molecule has 0 bridgehead atoms. The summed E-state index contributed by atoms with van der Waals surface area (Å²) in [6, 6.07) is 10.4. The topological polar surface area (TPSA) is 122 Å². The molecule has 0 saturated carbocycles. The fourth-order valence-electron chi connectivity index (χ4n) is 4.51. The molecule has 2 fully saturated rings. The van der Waals surface area contributed by atoms with Gasteiger partial charge in [0.15, 0.2) is 0 Å². The quantitative estimate of drug-likeness (QED) is 0.369. The minimum atomic E-state index is -0.874. The number of halogens is 3. The Morgan fingerprint density at radius 3 is 1.67 bits per heavy atom. The maximum atomic E-state index is 12.2. The number of hydrogen-bond donors (Lipinski definition) is 3. The smallest absolute Gasteiger partial charge is 0.251 e. The Labute approximate surface area is 271 Å². The second-order valence-corrected chi connectivity index (χ2v) is 12.9. The Kier molecular flexibility index (Phi) is 16.6. The molecule has 3 N–H and O–H groups in total.